The Morgan fingerprint density at radius 3 is 2.40 bits per heavy atom. The second-order valence-corrected chi connectivity index (χ2v) is 4.32. The highest BCUT2D eigenvalue weighted by Gasteiger charge is 2.14. The zero-order valence-corrected chi connectivity index (χ0v) is 11.1. The third-order valence-electron chi connectivity index (χ3n) is 2.52. The molecule has 0 spiro atoms. The van der Waals surface area contributed by atoms with Gasteiger partial charge >= 0.3 is 0 Å². The van der Waals surface area contributed by atoms with Gasteiger partial charge in [-0.15, -0.1) is 0 Å². The Morgan fingerprint density at radius 2 is 1.90 bits per heavy atom. The molecule has 1 aromatic heterocycles. The van der Waals surface area contributed by atoms with Crippen LogP contribution in [-0.4, -0.2) is 17.9 Å². The van der Waals surface area contributed by atoms with Crippen molar-refractivity contribution in [1.82, 2.24) is 4.98 Å². The summed E-state index contributed by atoms with van der Waals surface area (Å²) in [6.07, 6.45) is 1.35. The highest BCUT2D eigenvalue weighted by Crippen LogP contribution is 2.21. The molecular formula is C13H10ClF2N3O. The SMILES string of the molecule is CNc1c(F)cc(C(=O)Nc2ccc(Cl)cn2)cc1F. The van der Waals surface area contributed by atoms with Crippen LogP contribution in [-0.2, 0) is 0 Å². The summed E-state index contributed by atoms with van der Waals surface area (Å²) < 4.78 is 27.1. The summed E-state index contributed by atoms with van der Waals surface area (Å²) in [5.74, 6) is -2.12. The lowest BCUT2D eigenvalue weighted by Crippen LogP contribution is -2.14. The molecule has 0 aliphatic heterocycles. The molecule has 1 aromatic carbocycles. The fourth-order valence-electron chi connectivity index (χ4n) is 1.58. The number of anilines is 2. The first-order valence-corrected chi connectivity index (χ1v) is 5.98. The maximum Gasteiger partial charge on any atom is 0.257 e. The van der Waals surface area contributed by atoms with Gasteiger partial charge in [-0.1, -0.05) is 11.6 Å². The summed E-state index contributed by atoms with van der Waals surface area (Å²) in [6.45, 7) is 0. The molecule has 0 aliphatic carbocycles. The summed E-state index contributed by atoms with van der Waals surface area (Å²) in [5, 5.41) is 5.21. The van der Waals surface area contributed by atoms with E-state index in [1.165, 1.54) is 25.4 Å². The lowest BCUT2D eigenvalue weighted by atomic mass is 10.1. The number of hydrogen-bond donors (Lipinski definition) is 2. The zero-order valence-electron chi connectivity index (χ0n) is 10.4. The molecule has 1 amide bonds. The number of nitrogens with zero attached hydrogens (tertiary/aromatic N) is 1. The number of hydrogen-bond acceptors (Lipinski definition) is 3. The van der Waals surface area contributed by atoms with Gasteiger partial charge in [0.25, 0.3) is 5.91 Å². The molecule has 0 bridgehead atoms. The minimum absolute atomic E-state index is 0.143. The number of amides is 1. The normalized spacial score (nSPS) is 10.2. The second kappa shape index (κ2) is 5.83. The number of carbonyl (C=O) groups excluding carboxylic acids is 1. The minimum Gasteiger partial charge on any atom is -0.383 e. The molecule has 0 fully saturated rings. The minimum atomic E-state index is -0.846. The third-order valence-corrected chi connectivity index (χ3v) is 2.75. The molecule has 104 valence electrons. The van der Waals surface area contributed by atoms with Crippen molar-refractivity contribution in [2.24, 2.45) is 0 Å². The van der Waals surface area contributed by atoms with E-state index in [0.717, 1.165) is 12.1 Å². The highest BCUT2D eigenvalue weighted by molar-refractivity contribution is 6.30. The molecule has 0 unspecified atom stereocenters. The first kappa shape index (κ1) is 14.2. The molecule has 2 rings (SSSR count). The molecule has 2 N–H and O–H groups in total. The van der Waals surface area contributed by atoms with Gasteiger partial charge in [0.1, 0.15) is 23.1 Å². The summed E-state index contributed by atoms with van der Waals surface area (Å²) in [7, 11) is 1.39. The lowest BCUT2D eigenvalue weighted by Gasteiger charge is -2.08. The van der Waals surface area contributed by atoms with E-state index in [9.17, 15) is 13.6 Å². The number of halogens is 3. The Morgan fingerprint density at radius 1 is 1.25 bits per heavy atom. The molecule has 0 saturated heterocycles. The molecular weight excluding hydrogens is 288 g/mol. The van der Waals surface area contributed by atoms with Crippen molar-refractivity contribution in [3.8, 4) is 0 Å². The van der Waals surface area contributed by atoms with Crippen molar-refractivity contribution in [2.45, 2.75) is 0 Å². The Labute approximate surface area is 118 Å². The molecule has 1 heterocycles. The van der Waals surface area contributed by atoms with Crippen LogP contribution in [0.1, 0.15) is 10.4 Å². The zero-order chi connectivity index (χ0) is 14.7. The second-order valence-electron chi connectivity index (χ2n) is 3.88. The van der Waals surface area contributed by atoms with E-state index in [2.05, 4.69) is 15.6 Å². The predicted octanol–water partition coefficient (Wildman–Crippen LogP) is 3.31. The molecule has 0 radical (unpaired) electrons. The number of benzene rings is 1. The summed E-state index contributed by atoms with van der Waals surface area (Å²) in [6, 6.07) is 4.91. The van der Waals surface area contributed by atoms with Gasteiger partial charge in [0.05, 0.1) is 5.02 Å². The van der Waals surface area contributed by atoms with Gasteiger partial charge in [0.2, 0.25) is 0 Å². The van der Waals surface area contributed by atoms with Gasteiger partial charge in [-0.05, 0) is 24.3 Å². The van der Waals surface area contributed by atoms with Crippen molar-refractivity contribution in [1.29, 1.82) is 0 Å². The Hall–Kier alpha value is -2.21. The van der Waals surface area contributed by atoms with Crippen molar-refractivity contribution in [3.05, 3.63) is 52.7 Å². The van der Waals surface area contributed by atoms with Crippen LogP contribution in [0.5, 0.6) is 0 Å². The topological polar surface area (TPSA) is 54.0 Å². The number of pyridine rings is 1. The maximum atomic E-state index is 13.5. The van der Waals surface area contributed by atoms with Gasteiger partial charge in [-0.2, -0.15) is 0 Å². The van der Waals surface area contributed by atoms with Crippen molar-refractivity contribution >= 4 is 29.0 Å². The van der Waals surface area contributed by atoms with E-state index >= 15 is 0 Å². The fourth-order valence-corrected chi connectivity index (χ4v) is 1.69. The molecule has 20 heavy (non-hydrogen) atoms. The van der Waals surface area contributed by atoms with E-state index in [4.69, 9.17) is 11.6 Å². The molecule has 0 saturated carbocycles. The average molecular weight is 298 g/mol. The molecule has 2 aromatic rings. The first-order chi connectivity index (χ1) is 9.51. The van der Waals surface area contributed by atoms with Crippen molar-refractivity contribution < 1.29 is 13.6 Å². The van der Waals surface area contributed by atoms with Gasteiger partial charge in [0.15, 0.2) is 0 Å². The van der Waals surface area contributed by atoms with Crippen molar-refractivity contribution in [2.75, 3.05) is 17.7 Å². The number of carbonyl (C=O) groups is 1. The fraction of sp³-hybridized carbons (Fsp3) is 0.0769. The quantitative estimate of drug-likeness (QED) is 0.914. The highest BCUT2D eigenvalue weighted by atomic mass is 35.5. The van der Waals surface area contributed by atoms with Gasteiger partial charge in [-0.3, -0.25) is 4.79 Å². The van der Waals surface area contributed by atoms with E-state index in [1.807, 2.05) is 0 Å². The van der Waals surface area contributed by atoms with Gasteiger partial charge in [-0.25, -0.2) is 13.8 Å². The molecule has 7 heteroatoms. The predicted molar refractivity (Wildman–Crippen MR) is 73.1 cm³/mol. The lowest BCUT2D eigenvalue weighted by molar-refractivity contribution is 0.102. The number of aromatic nitrogens is 1. The van der Waals surface area contributed by atoms with Crippen LogP contribution in [0.2, 0.25) is 5.02 Å². The number of nitrogens with one attached hydrogen (secondary N) is 2. The van der Waals surface area contributed by atoms with Crippen molar-refractivity contribution in [3.63, 3.8) is 0 Å². The number of rotatable bonds is 3. The van der Waals surface area contributed by atoms with Crippen LogP contribution in [0.25, 0.3) is 0 Å². The molecule has 4 nitrogen and oxygen atoms in total. The first-order valence-electron chi connectivity index (χ1n) is 5.61. The van der Waals surface area contributed by atoms with Gasteiger partial charge in [0, 0.05) is 18.8 Å². The Balaban J connectivity index is 2.23. The molecule has 0 aliphatic rings. The monoisotopic (exact) mass is 297 g/mol. The Kier molecular flexibility index (Phi) is 4.14. The summed E-state index contributed by atoms with van der Waals surface area (Å²) >= 11 is 5.66. The van der Waals surface area contributed by atoms with Crippen LogP contribution < -0.4 is 10.6 Å². The third kappa shape index (κ3) is 3.03. The van der Waals surface area contributed by atoms with Crippen LogP contribution in [0.15, 0.2) is 30.5 Å². The van der Waals surface area contributed by atoms with Crippen LogP contribution in [0, 0.1) is 11.6 Å². The largest absolute Gasteiger partial charge is 0.383 e. The summed E-state index contributed by atoms with van der Waals surface area (Å²) in [5.41, 5.74) is -0.429. The van der Waals surface area contributed by atoms with E-state index in [-0.39, 0.29) is 17.1 Å². The molecule has 0 atom stereocenters. The Bertz CT molecular complexity index is 624. The van der Waals surface area contributed by atoms with E-state index in [0.29, 0.717) is 5.02 Å². The smallest absolute Gasteiger partial charge is 0.257 e. The average Bonchev–Trinajstić information content (AvgIpc) is 2.41. The van der Waals surface area contributed by atoms with E-state index in [1.54, 1.807) is 0 Å². The van der Waals surface area contributed by atoms with Gasteiger partial charge < -0.3 is 10.6 Å². The van der Waals surface area contributed by atoms with Crippen LogP contribution in [0.4, 0.5) is 20.3 Å². The summed E-state index contributed by atoms with van der Waals surface area (Å²) in [4.78, 5) is 15.7. The maximum absolute atomic E-state index is 13.5. The van der Waals surface area contributed by atoms with Crippen LogP contribution in [0.3, 0.4) is 0 Å². The van der Waals surface area contributed by atoms with Crippen LogP contribution >= 0.6 is 11.6 Å². The standard InChI is InChI=1S/C13H10ClF2N3O/c1-17-12-9(15)4-7(5-10(12)16)13(20)19-11-3-2-8(14)6-18-11/h2-6,17H,1H3,(H,18,19,20). The van der Waals surface area contributed by atoms with E-state index < -0.39 is 17.5 Å².